The van der Waals surface area contributed by atoms with E-state index in [1.165, 1.54) is 45.6 Å². The molecule has 1 aliphatic heterocycles. The third-order valence-corrected chi connectivity index (χ3v) is 10.6. The molecule has 1 unspecified atom stereocenters. The Kier molecular flexibility index (Phi) is 14.6. The Morgan fingerprint density at radius 1 is 0.841 bits per heavy atom. The minimum absolute atomic E-state index is 0.0738. The van der Waals surface area contributed by atoms with Crippen molar-refractivity contribution in [1.29, 1.82) is 0 Å². The molecule has 0 bridgehead atoms. The molecule has 0 saturated carbocycles. The fourth-order valence-corrected chi connectivity index (χ4v) is 7.34. The molecule has 1 fully saturated rings. The summed E-state index contributed by atoms with van der Waals surface area (Å²) >= 11 is 0. The molecule has 0 radical (unpaired) electrons. The molecule has 44 heavy (non-hydrogen) atoms. The number of nitrogens with one attached hydrogen (secondary N) is 1. The maximum Gasteiger partial charge on any atom is 0.350 e. The summed E-state index contributed by atoms with van der Waals surface area (Å²) in [5.41, 5.74) is 1.31. The summed E-state index contributed by atoms with van der Waals surface area (Å²) in [7, 11) is -5.16. The van der Waals surface area contributed by atoms with Crippen LogP contribution in [0.15, 0.2) is 48.5 Å². The molecule has 0 amide bonds. The van der Waals surface area contributed by atoms with Gasteiger partial charge in [0.2, 0.25) is 16.1 Å². The first kappa shape index (κ1) is 35.5. The molecule has 3 rings (SSSR count). The zero-order valence-electron chi connectivity index (χ0n) is 26.0. The SMILES string of the molecule is CCCCCCCCCCCCS(=O)(=O)Nc1ccc(OC(COc2ccc(N3CCS(=O)(=O)CC3)cc2)C(=O)OC)cc1. The monoisotopic (exact) mass is 652 g/mol. The van der Waals surface area contributed by atoms with Crippen molar-refractivity contribution < 1.29 is 35.8 Å². The van der Waals surface area contributed by atoms with Crippen LogP contribution in [0.1, 0.15) is 71.1 Å². The fourth-order valence-electron chi connectivity index (χ4n) is 4.95. The third-order valence-electron chi connectivity index (χ3n) is 7.58. The first-order valence-corrected chi connectivity index (χ1v) is 19.1. The minimum Gasteiger partial charge on any atom is -0.489 e. The summed E-state index contributed by atoms with van der Waals surface area (Å²) in [5, 5.41) is 0. The van der Waals surface area contributed by atoms with Gasteiger partial charge >= 0.3 is 5.97 Å². The number of sulfone groups is 1. The van der Waals surface area contributed by atoms with E-state index in [4.69, 9.17) is 14.2 Å². The Labute approximate surface area is 263 Å². The van der Waals surface area contributed by atoms with Gasteiger partial charge in [-0.15, -0.1) is 0 Å². The molecule has 0 aliphatic carbocycles. The predicted octanol–water partition coefficient (Wildman–Crippen LogP) is 5.58. The molecule has 1 saturated heterocycles. The number of anilines is 2. The van der Waals surface area contributed by atoms with E-state index < -0.39 is 31.9 Å². The van der Waals surface area contributed by atoms with E-state index >= 15 is 0 Å². The number of carbonyl (C=O) groups is 1. The number of rotatable bonds is 20. The lowest BCUT2D eigenvalue weighted by atomic mass is 10.1. The van der Waals surface area contributed by atoms with Crippen LogP contribution in [0.3, 0.4) is 0 Å². The van der Waals surface area contributed by atoms with Crippen LogP contribution in [0.5, 0.6) is 11.5 Å². The van der Waals surface area contributed by atoms with Gasteiger partial charge in [0.1, 0.15) is 18.1 Å². The van der Waals surface area contributed by atoms with E-state index in [2.05, 4.69) is 11.6 Å². The smallest absolute Gasteiger partial charge is 0.350 e. The van der Waals surface area contributed by atoms with Gasteiger partial charge in [-0.25, -0.2) is 21.6 Å². The number of nitrogens with zero attached hydrogens (tertiary/aromatic N) is 1. The number of sulfonamides is 1. The lowest BCUT2D eigenvalue weighted by molar-refractivity contribution is -0.150. The van der Waals surface area contributed by atoms with Crippen molar-refractivity contribution in [2.24, 2.45) is 0 Å². The van der Waals surface area contributed by atoms with E-state index in [0.29, 0.717) is 36.7 Å². The number of ether oxygens (including phenoxy) is 3. The van der Waals surface area contributed by atoms with Crippen LogP contribution < -0.4 is 19.1 Å². The molecule has 12 heteroatoms. The number of esters is 1. The largest absolute Gasteiger partial charge is 0.489 e. The maximum atomic E-state index is 12.5. The van der Waals surface area contributed by atoms with Crippen LogP contribution in [0, 0.1) is 0 Å². The number of methoxy groups -OCH3 is 1. The van der Waals surface area contributed by atoms with Crippen LogP contribution in [-0.2, 0) is 29.4 Å². The van der Waals surface area contributed by atoms with Crippen LogP contribution >= 0.6 is 0 Å². The summed E-state index contributed by atoms with van der Waals surface area (Å²) in [6, 6.07) is 13.5. The molecule has 1 aliphatic rings. The van der Waals surface area contributed by atoms with Crippen LogP contribution in [0.4, 0.5) is 11.4 Å². The van der Waals surface area contributed by atoms with Crippen LogP contribution in [-0.4, -0.2) is 73.0 Å². The molecule has 2 aromatic carbocycles. The number of hydrogen-bond donors (Lipinski definition) is 1. The highest BCUT2D eigenvalue weighted by Crippen LogP contribution is 2.23. The highest BCUT2D eigenvalue weighted by molar-refractivity contribution is 7.92. The summed E-state index contributed by atoms with van der Waals surface area (Å²) in [5.74, 6) is 0.605. The second-order valence-electron chi connectivity index (χ2n) is 11.2. The molecule has 0 spiro atoms. The van der Waals surface area contributed by atoms with Gasteiger partial charge in [0.15, 0.2) is 9.84 Å². The van der Waals surface area contributed by atoms with E-state index in [-0.39, 0.29) is 23.9 Å². The molecular formula is C32H48N2O8S2. The fraction of sp³-hybridized carbons (Fsp3) is 0.594. The van der Waals surface area contributed by atoms with Crippen molar-refractivity contribution in [2.75, 3.05) is 53.7 Å². The molecule has 1 N–H and O–H groups in total. The van der Waals surface area contributed by atoms with E-state index in [9.17, 15) is 21.6 Å². The van der Waals surface area contributed by atoms with Gasteiger partial charge in [0, 0.05) is 24.5 Å². The Morgan fingerprint density at radius 2 is 1.39 bits per heavy atom. The van der Waals surface area contributed by atoms with Gasteiger partial charge in [-0.1, -0.05) is 64.7 Å². The van der Waals surface area contributed by atoms with E-state index in [1.807, 2.05) is 17.0 Å². The highest BCUT2D eigenvalue weighted by atomic mass is 32.2. The lowest BCUT2D eigenvalue weighted by Gasteiger charge is -2.28. The first-order chi connectivity index (χ1) is 21.1. The molecule has 10 nitrogen and oxygen atoms in total. The first-order valence-electron chi connectivity index (χ1n) is 15.6. The highest BCUT2D eigenvalue weighted by Gasteiger charge is 2.24. The summed E-state index contributed by atoms with van der Waals surface area (Å²) in [6.07, 6.45) is 10.3. The van der Waals surface area contributed by atoms with Crippen molar-refractivity contribution in [3.63, 3.8) is 0 Å². The number of hydrogen-bond acceptors (Lipinski definition) is 9. The van der Waals surface area contributed by atoms with Crippen molar-refractivity contribution in [1.82, 2.24) is 0 Å². The predicted molar refractivity (Wildman–Crippen MR) is 175 cm³/mol. The zero-order valence-corrected chi connectivity index (χ0v) is 27.7. The van der Waals surface area contributed by atoms with Crippen molar-refractivity contribution in [3.8, 4) is 11.5 Å². The Bertz CT molecular complexity index is 1330. The molecule has 246 valence electrons. The van der Waals surface area contributed by atoms with E-state index in [0.717, 1.165) is 24.9 Å². The van der Waals surface area contributed by atoms with Gasteiger partial charge in [-0.2, -0.15) is 0 Å². The van der Waals surface area contributed by atoms with Gasteiger partial charge in [0.05, 0.1) is 24.4 Å². The van der Waals surface area contributed by atoms with Crippen molar-refractivity contribution in [2.45, 2.75) is 77.2 Å². The second kappa shape index (κ2) is 18.1. The zero-order chi connectivity index (χ0) is 31.8. The molecular weight excluding hydrogens is 604 g/mol. The minimum atomic E-state index is -3.47. The third kappa shape index (κ3) is 12.9. The average Bonchev–Trinajstić information content (AvgIpc) is 3.01. The maximum absolute atomic E-state index is 12.5. The van der Waals surface area contributed by atoms with Crippen molar-refractivity contribution >= 4 is 37.2 Å². The van der Waals surface area contributed by atoms with Gasteiger partial charge in [-0.3, -0.25) is 4.72 Å². The summed E-state index contributed by atoms with van der Waals surface area (Å²) < 4.78 is 67.5. The molecule has 1 atom stereocenters. The average molecular weight is 653 g/mol. The Hall–Kier alpha value is -2.99. The summed E-state index contributed by atoms with van der Waals surface area (Å²) in [6.45, 7) is 2.99. The molecule has 1 heterocycles. The van der Waals surface area contributed by atoms with Gasteiger partial charge < -0.3 is 19.1 Å². The quantitative estimate of drug-likeness (QED) is 0.144. The van der Waals surface area contributed by atoms with Gasteiger partial charge in [-0.05, 0) is 55.0 Å². The summed E-state index contributed by atoms with van der Waals surface area (Å²) in [4.78, 5) is 14.4. The number of unbranched alkanes of at least 4 members (excludes halogenated alkanes) is 9. The standard InChI is InChI=1S/C32H48N2O8S2/c1-3-4-5-6-7-8-9-10-11-12-23-44(38,39)33-27-13-17-30(18-14-27)42-31(32(35)40-2)26-41-29-19-15-28(16-20-29)34-21-24-43(36,37)25-22-34/h13-20,31,33H,3-12,21-26H2,1-2H3. The topological polar surface area (TPSA) is 128 Å². The van der Waals surface area contributed by atoms with Crippen molar-refractivity contribution in [3.05, 3.63) is 48.5 Å². The van der Waals surface area contributed by atoms with E-state index in [1.54, 1.807) is 36.4 Å². The normalized spacial score (nSPS) is 15.4. The Morgan fingerprint density at radius 3 is 1.95 bits per heavy atom. The lowest BCUT2D eigenvalue weighted by Crippen LogP contribution is -2.40. The number of benzene rings is 2. The molecule has 2 aromatic rings. The second-order valence-corrected chi connectivity index (χ2v) is 15.3. The van der Waals surface area contributed by atoms with Gasteiger partial charge in [0.25, 0.3) is 0 Å². The Balaban J connectivity index is 1.42. The van der Waals surface area contributed by atoms with Crippen LogP contribution in [0.25, 0.3) is 0 Å². The van der Waals surface area contributed by atoms with Crippen LogP contribution in [0.2, 0.25) is 0 Å². The number of carbonyl (C=O) groups excluding carboxylic acids is 1. The molecule has 0 aromatic heterocycles.